The van der Waals surface area contributed by atoms with E-state index >= 15 is 0 Å². The predicted octanol–water partition coefficient (Wildman–Crippen LogP) is 4.47. The standard InChI is InChI=1S/C14H18BrFO/c15-9-14(12-6-3-7-13(16)8-12)17-10-11-4-1-2-5-11/h3,6-8,11,14H,1-2,4-5,9-10H2. The minimum Gasteiger partial charge on any atom is -0.372 e. The van der Waals surface area contributed by atoms with Crippen LogP contribution in [-0.2, 0) is 4.74 Å². The van der Waals surface area contributed by atoms with Gasteiger partial charge in [-0.15, -0.1) is 0 Å². The highest BCUT2D eigenvalue weighted by atomic mass is 79.9. The van der Waals surface area contributed by atoms with E-state index in [-0.39, 0.29) is 11.9 Å². The minimum absolute atomic E-state index is 0.0358. The van der Waals surface area contributed by atoms with Gasteiger partial charge < -0.3 is 4.74 Å². The molecule has 1 saturated carbocycles. The molecule has 1 aromatic rings. The van der Waals surface area contributed by atoms with Crippen LogP contribution in [0.5, 0.6) is 0 Å². The molecule has 0 bridgehead atoms. The molecule has 1 atom stereocenters. The first kappa shape index (κ1) is 13.0. The van der Waals surface area contributed by atoms with E-state index in [0.717, 1.165) is 12.2 Å². The number of hydrogen-bond donors (Lipinski definition) is 0. The Bertz CT molecular complexity index is 350. The Labute approximate surface area is 110 Å². The molecule has 94 valence electrons. The Balaban J connectivity index is 1.91. The van der Waals surface area contributed by atoms with Crippen molar-refractivity contribution < 1.29 is 9.13 Å². The second kappa shape index (κ2) is 6.50. The fourth-order valence-corrected chi connectivity index (χ4v) is 2.93. The van der Waals surface area contributed by atoms with Crippen molar-refractivity contribution in [2.45, 2.75) is 31.8 Å². The maximum Gasteiger partial charge on any atom is 0.123 e. The summed E-state index contributed by atoms with van der Waals surface area (Å²) in [6.07, 6.45) is 5.17. The summed E-state index contributed by atoms with van der Waals surface area (Å²) in [6, 6.07) is 6.68. The van der Waals surface area contributed by atoms with E-state index in [4.69, 9.17) is 4.74 Å². The van der Waals surface area contributed by atoms with Gasteiger partial charge in [0.25, 0.3) is 0 Å². The SMILES string of the molecule is Fc1cccc(C(CBr)OCC2CCCC2)c1. The Kier molecular flexibility index (Phi) is 4.99. The molecule has 17 heavy (non-hydrogen) atoms. The van der Waals surface area contributed by atoms with Crippen molar-refractivity contribution in [3.63, 3.8) is 0 Å². The highest BCUT2D eigenvalue weighted by molar-refractivity contribution is 9.09. The van der Waals surface area contributed by atoms with Crippen LogP contribution < -0.4 is 0 Å². The van der Waals surface area contributed by atoms with Gasteiger partial charge in [-0.3, -0.25) is 0 Å². The molecule has 2 rings (SSSR count). The van der Waals surface area contributed by atoms with Gasteiger partial charge in [-0.25, -0.2) is 4.39 Å². The Morgan fingerprint density at radius 1 is 1.35 bits per heavy atom. The maximum absolute atomic E-state index is 13.1. The second-order valence-corrected chi connectivity index (χ2v) is 5.33. The Morgan fingerprint density at radius 2 is 2.12 bits per heavy atom. The molecule has 0 amide bonds. The van der Waals surface area contributed by atoms with Crippen molar-refractivity contribution >= 4 is 15.9 Å². The third-order valence-electron chi connectivity index (χ3n) is 3.37. The molecule has 0 heterocycles. The quantitative estimate of drug-likeness (QED) is 0.729. The van der Waals surface area contributed by atoms with E-state index in [2.05, 4.69) is 15.9 Å². The van der Waals surface area contributed by atoms with Gasteiger partial charge in [-0.05, 0) is 36.5 Å². The van der Waals surface area contributed by atoms with Crippen LogP contribution in [0.25, 0.3) is 0 Å². The van der Waals surface area contributed by atoms with Crippen molar-refractivity contribution in [1.29, 1.82) is 0 Å². The van der Waals surface area contributed by atoms with Gasteiger partial charge in [0.05, 0.1) is 12.7 Å². The van der Waals surface area contributed by atoms with Crippen LogP contribution in [0.2, 0.25) is 0 Å². The summed E-state index contributed by atoms with van der Waals surface area (Å²) in [5.74, 6) is 0.503. The zero-order chi connectivity index (χ0) is 12.1. The van der Waals surface area contributed by atoms with Crippen LogP contribution in [-0.4, -0.2) is 11.9 Å². The lowest BCUT2D eigenvalue weighted by Crippen LogP contribution is -2.12. The predicted molar refractivity (Wildman–Crippen MR) is 70.8 cm³/mol. The fourth-order valence-electron chi connectivity index (χ4n) is 2.37. The summed E-state index contributed by atoms with van der Waals surface area (Å²) in [6.45, 7) is 0.798. The minimum atomic E-state index is -0.196. The van der Waals surface area contributed by atoms with E-state index in [9.17, 15) is 4.39 Å². The average molecular weight is 301 g/mol. The lowest BCUT2D eigenvalue weighted by Gasteiger charge is -2.18. The summed E-state index contributed by atoms with van der Waals surface area (Å²) in [4.78, 5) is 0. The summed E-state index contributed by atoms with van der Waals surface area (Å²) < 4.78 is 19.0. The molecular weight excluding hydrogens is 283 g/mol. The molecule has 3 heteroatoms. The molecule has 1 nitrogen and oxygen atoms in total. The maximum atomic E-state index is 13.1. The lowest BCUT2D eigenvalue weighted by molar-refractivity contribution is 0.0442. The molecule has 1 unspecified atom stereocenters. The molecule has 0 saturated heterocycles. The zero-order valence-corrected chi connectivity index (χ0v) is 11.5. The van der Waals surface area contributed by atoms with E-state index in [1.54, 1.807) is 12.1 Å². The summed E-state index contributed by atoms with van der Waals surface area (Å²) in [5.41, 5.74) is 0.917. The van der Waals surface area contributed by atoms with Crippen LogP contribution >= 0.6 is 15.9 Å². The number of alkyl halides is 1. The van der Waals surface area contributed by atoms with Crippen molar-refractivity contribution in [3.8, 4) is 0 Å². The first-order chi connectivity index (χ1) is 8.29. The molecule has 1 fully saturated rings. The Morgan fingerprint density at radius 3 is 2.76 bits per heavy atom. The van der Waals surface area contributed by atoms with Crippen molar-refractivity contribution in [2.75, 3.05) is 11.9 Å². The van der Waals surface area contributed by atoms with Crippen LogP contribution in [0, 0.1) is 11.7 Å². The summed E-state index contributed by atoms with van der Waals surface area (Å²) in [5, 5.41) is 0.711. The van der Waals surface area contributed by atoms with Crippen molar-refractivity contribution in [1.82, 2.24) is 0 Å². The van der Waals surface area contributed by atoms with Gasteiger partial charge in [-0.2, -0.15) is 0 Å². The lowest BCUT2D eigenvalue weighted by atomic mass is 10.1. The fraction of sp³-hybridized carbons (Fsp3) is 0.571. The van der Waals surface area contributed by atoms with Gasteiger partial charge in [0.2, 0.25) is 0 Å². The van der Waals surface area contributed by atoms with Crippen LogP contribution in [0.1, 0.15) is 37.4 Å². The normalized spacial score (nSPS) is 18.5. The molecule has 0 N–H and O–H groups in total. The first-order valence-corrected chi connectivity index (χ1v) is 7.35. The monoisotopic (exact) mass is 300 g/mol. The van der Waals surface area contributed by atoms with Gasteiger partial charge in [0.15, 0.2) is 0 Å². The van der Waals surface area contributed by atoms with Crippen LogP contribution in [0.3, 0.4) is 0 Å². The van der Waals surface area contributed by atoms with Crippen molar-refractivity contribution in [2.24, 2.45) is 5.92 Å². The van der Waals surface area contributed by atoms with E-state index < -0.39 is 0 Å². The first-order valence-electron chi connectivity index (χ1n) is 6.22. The van der Waals surface area contributed by atoms with E-state index in [1.165, 1.54) is 31.7 Å². The average Bonchev–Trinajstić information content (AvgIpc) is 2.83. The zero-order valence-electron chi connectivity index (χ0n) is 9.87. The highest BCUT2D eigenvalue weighted by Crippen LogP contribution is 2.28. The molecule has 1 aliphatic carbocycles. The van der Waals surface area contributed by atoms with Crippen molar-refractivity contribution in [3.05, 3.63) is 35.6 Å². The number of benzene rings is 1. The number of rotatable bonds is 5. The highest BCUT2D eigenvalue weighted by Gasteiger charge is 2.18. The third-order valence-corrected chi connectivity index (χ3v) is 3.96. The molecule has 0 aliphatic heterocycles. The molecule has 0 radical (unpaired) electrons. The number of halogens is 2. The smallest absolute Gasteiger partial charge is 0.123 e. The van der Waals surface area contributed by atoms with Gasteiger partial charge in [-0.1, -0.05) is 40.9 Å². The van der Waals surface area contributed by atoms with Crippen LogP contribution in [0.15, 0.2) is 24.3 Å². The third kappa shape index (κ3) is 3.78. The van der Waals surface area contributed by atoms with E-state index in [0.29, 0.717) is 11.2 Å². The topological polar surface area (TPSA) is 9.23 Å². The van der Waals surface area contributed by atoms with Gasteiger partial charge >= 0.3 is 0 Å². The molecule has 1 aliphatic rings. The van der Waals surface area contributed by atoms with Gasteiger partial charge in [0.1, 0.15) is 5.82 Å². The molecular formula is C14H18BrFO. The molecule has 0 aromatic heterocycles. The van der Waals surface area contributed by atoms with E-state index in [1.807, 2.05) is 6.07 Å². The second-order valence-electron chi connectivity index (χ2n) is 4.68. The number of ether oxygens (including phenoxy) is 1. The summed E-state index contributed by atoms with van der Waals surface area (Å²) in [7, 11) is 0. The molecule has 0 spiro atoms. The van der Waals surface area contributed by atoms with Gasteiger partial charge in [0, 0.05) is 5.33 Å². The van der Waals surface area contributed by atoms with Crippen LogP contribution in [0.4, 0.5) is 4.39 Å². The largest absolute Gasteiger partial charge is 0.372 e. The number of hydrogen-bond acceptors (Lipinski definition) is 1. The Hall–Kier alpha value is -0.410. The molecule has 1 aromatic carbocycles. The summed E-state index contributed by atoms with van der Waals surface area (Å²) >= 11 is 3.44.